The average molecular weight is 400 g/mol. The Bertz CT molecular complexity index is 811. The van der Waals surface area contributed by atoms with Crippen molar-refractivity contribution in [3.05, 3.63) is 71.5 Å². The highest BCUT2D eigenvalue weighted by Crippen LogP contribution is 2.35. The van der Waals surface area contributed by atoms with Crippen molar-refractivity contribution in [1.82, 2.24) is 5.32 Å². The predicted octanol–water partition coefficient (Wildman–Crippen LogP) is 3.48. The Morgan fingerprint density at radius 3 is 2.35 bits per heavy atom. The molecule has 3 atom stereocenters. The molecule has 4 nitrogen and oxygen atoms in total. The monoisotopic (exact) mass is 399 g/mol. The van der Waals surface area contributed by atoms with Crippen molar-refractivity contribution in [3.63, 3.8) is 0 Å². The molecular weight excluding hydrogens is 377 g/mol. The van der Waals surface area contributed by atoms with Crippen LogP contribution >= 0.6 is 12.4 Å². The molecule has 142 valence electrons. The van der Waals surface area contributed by atoms with Crippen LogP contribution in [-0.4, -0.2) is 33.4 Å². The standard InChI is InChI=1S/C19H22FNO3S.ClH/c1-25(22,23)24-19(17-12-7-13-21-17)18(14-8-3-2-4-9-14)15-10-5-6-11-16(15)20;/h2-6,8-11,17-19,21H,7,12-13H2,1H3;1H. The summed E-state index contributed by atoms with van der Waals surface area (Å²) in [6.07, 6.45) is 2.06. The third-order valence-electron chi connectivity index (χ3n) is 4.51. The fraction of sp³-hybridized carbons (Fsp3) is 0.368. The first kappa shape index (κ1) is 20.8. The summed E-state index contributed by atoms with van der Waals surface area (Å²) in [4.78, 5) is 0. The van der Waals surface area contributed by atoms with Crippen LogP contribution in [0.2, 0.25) is 0 Å². The lowest BCUT2D eigenvalue weighted by Crippen LogP contribution is -2.42. The first-order valence-corrected chi connectivity index (χ1v) is 10.2. The van der Waals surface area contributed by atoms with Crippen molar-refractivity contribution in [2.75, 3.05) is 12.8 Å². The third kappa shape index (κ3) is 5.04. The molecule has 2 aromatic carbocycles. The molecule has 26 heavy (non-hydrogen) atoms. The Morgan fingerprint density at radius 2 is 1.77 bits per heavy atom. The summed E-state index contributed by atoms with van der Waals surface area (Å²) in [5, 5.41) is 3.31. The number of benzene rings is 2. The summed E-state index contributed by atoms with van der Waals surface area (Å²) in [7, 11) is -3.70. The Labute approximate surface area is 160 Å². The van der Waals surface area contributed by atoms with Crippen molar-refractivity contribution in [2.45, 2.75) is 30.9 Å². The molecule has 1 aliphatic rings. The SMILES string of the molecule is CS(=O)(=O)OC(C1CCCN1)C(c1ccccc1)c1ccccc1F.Cl. The third-order valence-corrected chi connectivity index (χ3v) is 5.08. The van der Waals surface area contributed by atoms with Crippen molar-refractivity contribution in [3.8, 4) is 0 Å². The Hall–Kier alpha value is -1.47. The van der Waals surface area contributed by atoms with E-state index < -0.39 is 22.1 Å². The van der Waals surface area contributed by atoms with Gasteiger partial charge in [-0.25, -0.2) is 4.39 Å². The first-order chi connectivity index (χ1) is 12.0. The molecule has 0 amide bonds. The van der Waals surface area contributed by atoms with Gasteiger partial charge in [0.15, 0.2) is 0 Å². The number of rotatable bonds is 6. The van der Waals surface area contributed by atoms with E-state index in [1.165, 1.54) is 6.07 Å². The van der Waals surface area contributed by atoms with Crippen LogP contribution in [0.3, 0.4) is 0 Å². The lowest BCUT2D eigenvalue weighted by Gasteiger charge is -2.32. The smallest absolute Gasteiger partial charge is 0.264 e. The topological polar surface area (TPSA) is 55.4 Å². The molecule has 0 bridgehead atoms. The van der Waals surface area contributed by atoms with Gasteiger partial charge in [0, 0.05) is 12.0 Å². The van der Waals surface area contributed by atoms with Crippen LogP contribution in [0, 0.1) is 5.82 Å². The zero-order valence-electron chi connectivity index (χ0n) is 14.5. The average Bonchev–Trinajstić information content (AvgIpc) is 3.10. The highest BCUT2D eigenvalue weighted by Gasteiger charge is 2.37. The molecule has 3 unspecified atom stereocenters. The van der Waals surface area contributed by atoms with Gasteiger partial charge >= 0.3 is 0 Å². The minimum Gasteiger partial charge on any atom is -0.311 e. The molecule has 1 fully saturated rings. The molecule has 0 aliphatic carbocycles. The van der Waals surface area contributed by atoms with E-state index >= 15 is 0 Å². The van der Waals surface area contributed by atoms with Crippen molar-refractivity contribution in [1.29, 1.82) is 0 Å². The van der Waals surface area contributed by atoms with Gasteiger partial charge in [-0.3, -0.25) is 4.18 Å². The zero-order chi connectivity index (χ0) is 17.9. The molecule has 3 rings (SSSR count). The maximum atomic E-state index is 14.6. The first-order valence-electron chi connectivity index (χ1n) is 8.37. The molecule has 0 radical (unpaired) electrons. The maximum Gasteiger partial charge on any atom is 0.264 e. The largest absolute Gasteiger partial charge is 0.311 e. The van der Waals surface area contributed by atoms with Crippen LogP contribution in [-0.2, 0) is 14.3 Å². The summed E-state index contributed by atoms with van der Waals surface area (Å²) >= 11 is 0. The van der Waals surface area contributed by atoms with E-state index in [4.69, 9.17) is 4.18 Å². The Balaban J connectivity index is 0.00000243. The van der Waals surface area contributed by atoms with E-state index in [1.807, 2.05) is 30.3 Å². The molecule has 2 aromatic rings. The van der Waals surface area contributed by atoms with Crippen molar-refractivity contribution < 1.29 is 17.0 Å². The van der Waals surface area contributed by atoms with E-state index in [9.17, 15) is 12.8 Å². The summed E-state index contributed by atoms with van der Waals surface area (Å²) in [6.45, 7) is 0.799. The Kier molecular flexibility index (Phi) is 7.17. The van der Waals surface area contributed by atoms with Gasteiger partial charge in [0.05, 0.1) is 6.26 Å². The molecule has 1 N–H and O–H groups in total. The van der Waals surface area contributed by atoms with Gasteiger partial charge in [0.1, 0.15) is 11.9 Å². The van der Waals surface area contributed by atoms with E-state index in [0.29, 0.717) is 5.56 Å². The summed E-state index contributed by atoms with van der Waals surface area (Å²) in [5.41, 5.74) is 1.27. The highest BCUT2D eigenvalue weighted by molar-refractivity contribution is 7.86. The summed E-state index contributed by atoms with van der Waals surface area (Å²) < 4.78 is 43.9. The minimum atomic E-state index is -3.70. The molecular formula is C19H23ClFNO3S. The van der Waals surface area contributed by atoms with Crippen molar-refractivity contribution >= 4 is 22.5 Å². The summed E-state index contributed by atoms with van der Waals surface area (Å²) in [5.74, 6) is -0.885. The van der Waals surface area contributed by atoms with Crippen LogP contribution in [0.4, 0.5) is 4.39 Å². The number of halogens is 2. The Morgan fingerprint density at radius 1 is 1.12 bits per heavy atom. The zero-order valence-corrected chi connectivity index (χ0v) is 16.1. The van der Waals surface area contributed by atoms with Crippen LogP contribution in [0.25, 0.3) is 0 Å². The quantitative estimate of drug-likeness (QED) is 0.755. The second kappa shape index (κ2) is 8.95. The van der Waals surface area contributed by atoms with E-state index in [-0.39, 0.29) is 24.3 Å². The fourth-order valence-corrected chi connectivity index (χ4v) is 4.13. The van der Waals surface area contributed by atoms with Crippen LogP contribution in [0.5, 0.6) is 0 Å². The molecule has 0 spiro atoms. The number of nitrogens with one attached hydrogen (secondary N) is 1. The molecule has 1 heterocycles. The van der Waals surface area contributed by atoms with Gasteiger partial charge in [-0.15, -0.1) is 12.4 Å². The predicted molar refractivity (Wildman–Crippen MR) is 103 cm³/mol. The second-order valence-electron chi connectivity index (χ2n) is 6.38. The van der Waals surface area contributed by atoms with Gasteiger partial charge in [-0.05, 0) is 36.6 Å². The van der Waals surface area contributed by atoms with Gasteiger partial charge in [0.2, 0.25) is 0 Å². The van der Waals surface area contributed by atoms with Crippen molar-refractivity contribution in [2.24, 2.45) is 0 Å². The number of hydrogen-bond donors (Lipinski definition) is 1. The molecule has 1 saturated heterocycles. The molecule has 0 saturated carbocycles. The normalized spacial score (nSPS) is 19.5. The maximum absolute atomic E-state index is 14.6. The van der Waals surface area contributed by atoms with E-state index in [2.05, 4.69) is 5.32 Å². The highest BCUT2D eigenvalue weighted by atomic mass is 35.5. The van der Waals surface area contributed by atoms with E-state index in [0.717, 1.165) is 31.2 Å². The number of hydrogen-bond acceptors (Lipinski definition) is 4. The fourth-order valence-electron chi connectivity index (χ4n) is 3.48. The lowest BCUT2D eigenvalue weighted by atomic mass is 9.83. The van der Waals surface area contributed by atoms with Gasteiger partial charge < -0.3 is 5.32 Å². The van der Waals surface area contributed by atoms with Gasteiger partial charge in [-0.1, -0.05) is 48.5 Å². The minimum absolute atomic E-state index is 0. The van der Waals surface area contributed by atoms with Gasteiger partial charge in [-0.2, -0.15) is 8.42 Å². The second-order valence-corrected chi connectivity index (χ2v) is 7.98. The molecule has 1 aliphatic heterocycles. The summed E-state index contributed by atoms with van der Waals surface area (Å²) in [6, 6.07) is 15.7. The van der Waals surface area contributed by atoms with Crippen LogP contribution < -0.4 is 5.32 Å². The van der Waals surface area contributed by atoms with E-state index in [1.54, 1.807) is 18.2 Å². The lowest BCUT2D eigenvalue weighted by molar-refractivity contribution is 0.151. The van der Waals surface area contributed by atoms with Crippen LogP contribution in [0.1, 0.15) is 29.9 Å². The molecule has 0 aromatic heterocycles. The molecule has 7 heteroatoms. The van der Waals surface area contributed by atoms with Gasteiger partial charge in [0.25, 0.3) is 10.1 Å². The van der Waals surface area contributed by atoms with Crippen LogP contribution in [0.15, 0.2) is 54.6 Å².